The van der Waals surface area contributed by atoms with E-state index in [0.29, 0.717) is 12.9 Å². The number of amides is 1. The zero-order valence-corrected chi connectivity index (χ0v) is 18.4. The molecule has 1 saturated heterocycles. The molecule has 2 N–H and O–H groups in total. The molecule has 30 heavy (non-hydrogen) atoms. The number of ether oxygens (including phenoxy) is 2. The van der Waals surface area contributed by atoms with Crippen LogP contribution in [0.2, 0.25) is 0 Å². The van der Waals surface area contributed by atoms with E-state index < -0.39 is 18.4 Å². The van der Waals surface area contributed by atoms with Gasteiger partial charge in [-0.1, -0.05) is 32.4 Å². The summed E-state index contributed by atoms with van der Waals surface area (Å²) in [5, 5.41) is 12.0. The standard InChI is InChI=1S/C11H12O3.C8H16N2O3.C3H8/c12-7-14-10-6-5-8-3-1-2-4-9(8)11(10)13;1-13-8(12)9-6-7(11)10-4-2-3-5-10;1-3-2/h3-4,7,10H,1-2,5-6H2;7,11H,2-6H2,1H3,(H,9,12);3H2,1-2H3. The highest BCUT2D eigenvalue weighted by atomic mass is 16.5. The predicted molar refractivity (Wildman–Crippen MR) is 114 cm³/mol. The van der Waals surface area contributed by atoms with Crippen LogP contribution in [-0.2, 0) is 19.1 Å². The summed E-state index contributed by atoms with van der Waals surface area (Å²) in [6.45, 7) is 6.65. The number of fused-ring (bicyclic) bond motifs is 1. The fraction of sp³-hybridized carbons (Fsp3) is 0.682. The van der Waals surface area contributed by atoms with Crippen LogP contribution in [0.4, 0.5) is 4.79 Å². The number of nitrogens with one attached hydrogen (secondary N) is 1. The van der Waals surface area contributed by atoms with Crippen molar-refractivity contribution in [2.75, 3.05) is 26.7 Å². The molecule has 0 bridgehead atoms. The third-order valence-electron chi connectivity index (χ3n) is 4.88. The number of allylic oxidation sites excluding steroid dienone is 3. The Labute approximate surface area is 179 Å². The maximum atomic E-state index is 11.8. The molecule has 3 aliphatic rings. The molecular weight excluding hydrogens is 388 g/mol. The van der Waals surface area contributed by atoms with E-state index in [1.165, 1.54) is 13.5 Å². The molecular formula is C22H36N2O6. The molecule has 8 heteroatoms. The van der Waals surface area contributed by atoms with Gasteiger partial charge in [0.2, 0.25) is 5.78 Å². The van der Waals surface area contributed by atoms with Crippen molar-refractivity contribution in [1.82, 2.24) is 10.2 Å². The molecule has 1 heterocycles. The van der Waals surface area contributed by atoms with Crippen LogP contribution in [0.5, 0.6) is 0 Å². The summed E-state index contributed by atoms with van der Waals surface area (Å²) in [4.78, 5) is 34.5. The normalized spacial score (nSPS) is 21.3. The van der Waals surface area contributed by atoms with Gasteiger partial charge in [-0.25, -0.2) is 4.79 Å². The summed E-state index contributed by atoms with van der Waals surface area (Å²) >= 11 is 0. The van der Waals surface area contributed by atoms with Gasteiger partial charge in [-0.2, -0.15) is 0 Å². The van der Waals surface area contributed by atoms with Crippen molar-refractivity contribution in [3.8, 4) is 0 Å². The molecule has 0 spiro atoms. The minimum Gasteiger partial charge on any atom is -0.456 e. The van der Waals surface area contributed by atoms with E-state index in [2.05, 4.69) is 30.0 Å². The van der Waals surface area contributed by atoms with Crippen LogP contribution in [-0.4, -0.2) is 67.4 Å². The monoisotopic (exact) mass is 424 g/mol. The molecule has 1 aliphatic heterocycles. The van der Waals surface area contributed by atoms with Crippen molar-refractivity contribution in [2.45, 2.75) is 71.1 Å². The lowest BCUT2D eigenvalue weighted by Gasteiger charge is -2.25. The van der Waals surface area contributed by atoms with Gasteiger partial charge >= 0.3 is 6.09 Å². The number of alkyl carbamates (subject to hydrolysis) is 1. The van der Waals surface area contributed by atoms with Gasteiger partial charge in [0, 0.05) is 18.7 Å². The van der Waals surface area contributed by atoms with E-state index >= 15 is 0 Å². The summed E-state index contributed by atoms with van der Waals surface area (Å²) in [5.74, 6) is -0.0331. The number of methoxy groups -OCH3 is 1. The lowest BCUT2D eigenvalue weighted by atomic mass is 9.83. The van der Waals surface area contributed by atoms with Crippen LogP contribution in [0, 0.1) is 0 Å². The van der Waals surface area contributed by atoms with E-state index in [1.54, 1.807) is 0 Å². The second kappa shape index (κ2) is 14.7. The van der Waals surface area contributed by atoms with Gasteiger partial charge in [-0.3, -0.25) is 14.5 Å². The van der Waals surface area contributed by atoms with E-state index in [0.717, 1.165) is 56.3 Å². The number of ketones is 1. The summed E-state index contributed by atoms with van der Waals surface area (Å²) in [7, 11) is 1.30. The van der Waals surface area contributed by atoms with Crippen LogP contribution >= 0.6 is 0 Å². The third kappa shape index (κ3) is 8.67. The predicted octanol–water partition coefficient (Wildman–Crippen LogP) is 2.71. The number of nitrogens with zero attached hydrogens (tertiary/aromatic N) is 1. The number of Topliss-reactive ketones (excluding diaryl/α,β-unsaturated/α-hetero) is 1. The van der Waals surface area contributed by atoms with Crippen molar-refractivity contribution < 1.29 is 29.0 Å². The van der Waals surface area contributed by atoms with Crippen molar-refractivity contribution in [1.29, 1.82) is 0 Å². The van der Waals surface area contributed by atoms with Crippen LogP contribution < -0.4 is 5.32 Å². The number of rotatable bonds is 5. The van der Waals surface area contributed by atoms with Crippen LogP contribution in [0.25, 0.3) is 0 Å². The fourth-order valence-electron chi connectivity index (χ4n) is 3.43. The van der Waals surface area contributed by atoms with Gasteiger partial charge < -0.3 is 19.9 Å². The zero-order chi connectivity index (χ0) is 22.4. The number of carbonyl (C=O) groups is 3. The Morgan fingerprint density at radius 1 is 1.30 bits per heavy atom. The smallest absolute Gasteiger partial charge is 0.406 e. The van der Waals surface area contributed by atoms with Gasteiger partial charge in [0.15, 0.2) is 6.10 Å². The lowest BCUT2D eigenvalue weighted by molar-refractivity contribution is -0.142. The van der Waals surface area contributed by atoms with Gasteiger partial charge in [-0.05, 0) is 44.1 Å². The Kier molecular flexibility index (Phi) is 12.7. The van der Waals surface area contributed by atoms with Gasteiger partial charge in [0.25, 0.3) is 6.47 Å². The molecule has 1 saturated carbocycles. The van der Waals surface area contributed by atoms with E-state index in [9.17, 15) is 19.5 Å². The Balaban J connectivity index is 0.000000266. The minimum absolute atomic E-state index is 0.0331. The molecule has 2 fully saturated rings. The Hall–Kier alpha value is -2.19. The molecule has 0 aromatic rings. The summed E-state index contributed by atoms with van der Waals surface area (Å²) < 4.78 is 9.13. The molecule has 170 valence electrons. The molecule has 2 unspecified atom stereocenters. The largest absolute Gasteiger partial charge is 0.456 e. The Morgan fingerprint density at radius 3 is 2.53 bits per heavy atom. The number of aliphatic hydroxyl groups excluding tert-OH is 1. The highest BCUT2D eigenvalue weighted by molar-refractivity contribution is 6.04. The number of hydrogen-bond donors (Lipinski definition) is 2. The van der Waals surface area contributed by atoms with Gasteiger partial charge in [0.05, 0.1) is 13.7 Å². The molecule has 1 amide bonds. The summed E-state index contributed by atoms with van der Waals surface area (Å²) in [5.41, 5.74) is 1.90. The highest BCUT2D eigenvalue weighted by Crippen LogP contribution is 2.31. The van der Waals surface area contributed by atoms with E-state index in [4.69, 9.17) is 4.74 Å². The van der Waals surface area contributed by atoms with Gasteiger partial charge in [0.1, 0.15) is 6.23 Å². The third-order valence-corrected chi connectivity index (χ3v) is 4.88. The average molecular weight is 425 g/mol. The fourth-order valence-corrected chi connectivity index (χ4v) is 3.43. The Morgan fingerprint density at radius 2 is 1.93 bits per heavy atom. The number of hydrogen-bond acceptors (Lipinski definition) is 7. The zero-order valence-electron chi connectivity index (χ0n) is 18.4. The maximum absolute atomic E-state index is 11.8. The molecule has 3 rings (SSSR count). The van der Waals surface area contributed by atoms with E-state index in [1.807, 2.05) is 11.0 Å². The number of carbonyl (C=O) groups excluding carboxylic acids is 3. The highest BCUT2D eigenvalue weighted by Gasteiger charge is 2.31. The number of aliphatic hydroxyl groups is 1. The first-order chi connectivity index (χ1) is 14.5. The lowest BCUT2D eigenvalue weighted by Crippen LogP contribution is -2.42. The van der Waals surface area contributed by atoms with Crippen molar-refractivity contribution in [2.24, 2.45) is 0 Å². The van der Waals surface area contributed by atoms with Crippen molar-refractivity contribution in [3.05, 3.63) is 23.3 Å². The molecule has 0 radical (unpaired) electrons. The molecule has 0 aromatic carbocycles. The SMILES string of the molecule is CCC.COC(=O)NCC(O)N1CCCC1.O=COC1CCC2=CCCC=C2C1=O. The quantitative estimate of drug-likeness (QED) is 0.654. The number of likely N-dealkylation sites (tertiary alicyclic amines) is 1. The molecule has 0 aromatic heterocycles. The first-order valence-corrected chi connectivity index (χ1v) is 10.7. The summed E-state index contributed by atoms with van der Waals surface area (Å²) in [6, 6.07) is 0. The molecule has 8 nitrogen and oxygen atoms in total. The first-order valence-electron chi connectivity index (χ1n) is 10.7. The minimum atomic E-state index is -0.582. The van der Waals surface area contributed by atoms with Gasteiger partial charge in [-0.15, -0.1) is 0 Å². The van der Waals surface area contributed by atoms with Crippen molar-refractivity contribution in [3.63, 3.8) is 0 Å². The average Bonchev–Trinajstić information content (AvgIpc) is 3.30. The van der Waals surface area contributed by atoms with Crippen LogP contribution in [0.1, 0.15) is 58.8 Å². The molecule has 2 aliphatic carbocycles. The van der Waals surface area contributed by atoms with Crippen molar-refractivity contribution >= 4 is 18.3 Å². The second-order valence-electron chi connectivity index (χ2n) is 7.35. The topological polar surface area (TPSA) is 105 Å². The maximum Gasteiger partial charge on any atom is 0.406 e. The Bertz CT molecular complexity index is 611. The van der Waals surface area contributed by atoms with Crippen LogP contribution in [0.15, 0.2) is 23.3 Å². The first kappa shape index (κ1) is 25.8. The van der Waals surface area contributed by atoms with Crippen LogP contribution in [0.3, 0.4) is 0 Å². The second-order valence-corrected chi connectivity index (χ2v) is 7.35. The summed E-state index contributed by atoms with van der Waals surface area (Å²) in [6.07, 6.45) is 9.34. The van der Waals surface area contributed by atoms with E-state index in [-0.39, 0.29) is 12.3 Å². The molecule has 2 atom stereocenters.